The number of hydrogen-bond donors (Lipinski definition) is 2. The van der Waals surface area contributed by atoms with Crippen molar-refractivity contribution in [2.24, 2.45) is 0 Å². The topological polar surface area (TPSA) is 77.0 Å². The maximum atomic E-state index is 11.7. The molecule has 0 aromatic heterocycles. The molecule has 1 aromatic rings. The first kappa shape index (κ1) is 18.2. The summed E-state index contributed by atoms with van der Waals surface area (Å²) in [5.74, 6) is -1.12. The highest BCUT2D eigenvalue weighted by Gasteiger charge is 2.34. The Morgan fingerprint density at radius 3 is 2.29 bits per heavy atom. The highest BCUT2D eigenvalue weighted by molar-refractivity contribution is 8.10. The molecule has 1 aromatic carbocycles. The van der Waals surface area contributed by atoms with Crippen LogP contribution in [0.4, 0.5) is 0 Å². The van der Waals surface area contributed by atoms with E-state index in [1.807, 2.05) is 30.3 Å². The second-order valence-corrected chi connectivity index (χ2v) is 8.00. The molecule has 0 saturated carbocycles. The lowest BCUT2D eigenvalue weighted by Crippen LogP contribution is -2.42. The van der Waals surface area contributed by atoms with Crippen molar-refractivity contribution in [1.82, 2.24) is 5.32 Å². The number of benzene rings is 1. The van der Waals surface area contributed by atoms with Gasteiger partial charge in [-0.25, -0.2) is 0 Å². The first-order valence-corrected chi connectivity index (χ1v) is 8.94. The molecule has 118 valence electrons. The van der Waals surface area contributed by atoms with Crippen molar-refractivity contribution in [3.63, 3.8) is 0 Å². The number of hydrogen-bond acceptors (Lipinski definition) is 7. The molecule has 0 radical (unpaired) electrons. The van der Waals surface area contributed by atoms with Crippen LogP contribution in [0.15, 0.2) is 30.3 Å². The molecule has 0 aliphatic rings. The Bertz CT molecular complexity index is 491. The van der Waals surface area contributed by atoms with Crippen LogP contribution in [0.5, 0.6) is 0 Å². The van der Waals surface area contributed by atoms with E-state index >= 15 is 0 Å². The van der Waals surface area contributed by atoms with Crippen molar-refractivity contribution in [1.29, 1.82) is 0 Å². The van der Waals surface area contributed by atoms with Gasteiger partial charge in [0, 0.05) is 14.2 Å². The smallest absolute Gasteiger partial charge is 0.325 e. The summed E-state index contributed by atoms with van der Waals surface area (Å²) in [5.41, 5.74) is 0.812. The van der Waals surface area contributed by atoms with Crippen LogP contribution in [-0.4, -0.2) is 45.1 Å². The van der Waals surface area contributed by atoms with Crippen molar-refractivity contribution >= 4 is 24.3 Å². The molecule has 0 aliphatic carbocycles. The van der Waals surface area contributed by atoms with Crippen LogP contribution >= 0.6 is 6.49 Å². The normalized spacial score (nSPS) is 14.5. The van der Waals surface area contributed by atoms with Crippen LogP contribution in [0, 0.1) is 0 Å². The molecule has 6 nitrogen and oxygen atoms in total. The second kappa shape index (κ2) is 8.58. The zero-order valence-electron chi connectivity index (χ0n) is 12.2. The van der Waals surface area contributed by atoms with Crippen LogP contribution in [0.2, 0.25) is 0 Å². The number of aliphatic hydroxyl groups excluding tert-OH is 1. The zero-order chi connectivity index (χ0) is 15.9. The van der Waals surface area contributed by atoms with Crippen molar-refractivity contribution in [3.8, 4) is 0 Å². The summed E-state index contributed by atoms with van der Waals surface area (Å²) in [7, 11) is 4.19. The summed E-state index contributed by atoms with van der Waals surface area (Å²) in [6, 6.07) is 8.36. The van der Waals surface area contributed by atoms with Crippen molar-refractivity contribution in [2.45, 2.75) is 11.8 Å². The Balaban J connectivity index is 3.14. The van der Waals surface area contributed by atoms with E-state index in [1.165, 1.54) is 21.3 Å². The van der Waals surface area contributed by atoms with Gasteiger partial charge in [0.05, 0.1) is 13.7 Å². The van der Waals surface area contributed by atoms with E-state index in [1.54, 1.807) is 0 Å². The third-order valence-corrected chi connectivity index (χ3v) is 6.59. The summed E-state index contributed by atoms with van der Waals surface area (Å²) in [5, 5.41) is 12.4. The Morgan fingerprint density at radius 2 is 1.86 bits per heavy atom. The average Bonchev–Trinajstić information content (AvgIpc) is 2.55. The third kappa shape index (κ3) is 4.57. The lowest BCUT2D eigenvalue weighted by Gasteiger charge is -2.31. The molecule has 2 unspecified atom stereocenters. The maximum absolute atomic E-state index is 11.7. The van der Waals surface area contributed by atoms with Gasteiger partial charge >= 0.3 is 5.97 Å². The molecule has 2 atom stereocenters. The van der Waals surface area contributed by atoms with Gasteiger partial charge in [-0.3, -0.25) is 10.1 Å². The molecule has 21 heavy (non-hydrogen) atoms. The fourth-order valence-electron chi connectivity index (χ4n) is 1.82. The molecular weight excluding hydrogens is 313 g/mol. The molecule has 0 bridgehead atoms. The fraction of sp³-hybridized carbons (Fsp3) is 0.462. The number of methoxy groups -OCH3 is 1. The van der Waals surface area contributed by atoms with E-state index in [0.717, 1.165) is 5.56 Å². The van der Waals surface area contributed by atoms with Gasteiger partial charge in [0.15, 0.2) is 0 Å². The Morgan fingerprint density at radius 1 is 1.29 bits per heavy atom. The number of nitrogens with one attached hydrogen (secondary N) is 1. The number of rotatable bonds is 8. The summed E-state index contributed by atoms with van der Waals surface area (Å²) < 4.78 is 15.4. The van der Waals surface area contributed by atoms with Gasteiger partial charge in [0.25, 0.3) is 0 Å². The standard InChI is InChI=1S/C13H20NO5PS/c1-17-13(16)11(9-15)14-12(20(21,18-2)19-3)10-7-5-4-6-8-10/h4-8,11-12,14-15H,9H2,1-3H3. The van der Waals surface area contributed by atoms with Crippen LogP contribution in [0.25, 0.3) is 0 Å². The molecule has 0 spiro atoms. The van der Waals surface area contributed by atoms with Gasteiger partial charge in [0.1, 0.15) is 11.8 Å². The lowest BCUT2D eigenvalue weighted by atomic mass is 10.2. The van der Waals surface area contributed by atoms with Crippen LogP contribution < -0.4 is 5.32 Å². The third-order valence-electron chi connectivity index (χ3n) is 2.97. The zero-order valence-corrected chi connectivity index (χ0v) is 13.9. The van der Waals surface area contributed by atoms with Crippen molar-refractivity contribution in [3.05, 3.63) is 35.9 Å². The Hall–Kier alpha value is -0.820. The van der Waals surface area contributed by atoms with E-state index in [4.69, 9.17) is 20.9 Å². The second-order valence-electron chi connectivity index (χ2n) is 4.14. The van der Waals surface area contributed by atoms with Gasteiger partial charge in [0.2, 0.25) is 6.49 Å². The maximum Gasteiger partial charge on any atom is 0.325 e. The van der Waals surface area contributed by atoms with Crippen molar-refractivity contribution < 1.29 is 23.7 Å². The largest absolute Gasteiger partial charge is 0.468 e. The quantitative estimate of drug-likeness (QED) is 0.550. The van der Waals surface area contributed by atoms with E-state index in [-0.39, 0.29) is 0 Å². The number of carbonyl (C=O) groups is 1. The first-order valence-electron chi connectivity index (χ1n) is 6.23. The SMILES string of the molecule is COC(=O)C(CO)NC(c1ccccc1)P(=S)(OC)OC. The predicted molar refractivity (Wildman–Crippen MR) is 83.5 cm³/mol. The number of aliphatic hydroxyl groups is 1. The minimum absolute atomic E-state index is 0.418. The van der Waals surface area contributed by atoms with Gasteiger partial charge in [-0.05, 0) is 17.4 Å². The van der Waals surface area contributed by atoms with Gasteiger partial charge in [-0.1, -0.05) is 30.3 Å². The molecule has 0 saturated heterocycles. The number of ether oxygens (including phenoxy) is 1. The molecule has 0 heterocycles. The highest BCUT2D eigenvalue weighted by Crippen LogP contribution is 2.58. The minimum Gasteiger partial charge on any atom is -0.468 e. The summed E-state index contributed by atoms with van der Waals surface area (Å²) in [6.07, 6.45) is 0. The molecule has 2 N–H and O–H groups in total. The van der Waals surface area contributed by atoms with Crippen LogP contribution in [-0.2, 0) is 30.4 Å². The molecule has 0 aliphatic heterocycles. The lowest BCUT2D eigenvalue weighted by molar-refractivity contribution is -0.144. The first-order chi connectivity index (χ1) is 10.0. The predicted octanol–water partition coefficient (Wildman–Crippen LogP) is 1.41. The monoisotopic (exact) mass is 333 g/mol. The number of esters is 1. The van der Waals surface area contributed by atoms with Gasteiger partial charge < -0.3 is 18.9 Å². The number of carbonyl (C=O) groups excluding carboxylic acids is 1. The van der Waals surface area contributed by atoms with Crippen LogP contribution in [0.1, 0.15) is 11.3 Å². The van der Waals surface area contributed by atoms with E-state index in [2.05, 4.69) is 10.1 Å². The van der Waals surface area contributed by atoms with E-state index < -0.39 is 30.9 Å². The minimum atomic E-state index is -2.73. The van der Waals surface area contributed by atoms with Gasteiger partial charge in [-0.2, -0.15) is 0 Å². The van der Waals surface area contributed by atoms with Crippen LogP contribution in [0.3, 0.4) is 0 Å². The molecule has 0 fully saturated rings. The summed E-state index contributed by atoms with van der Waals surface area (Å²) >= 11 is 5.47. The molecule has 1 rings (SSSR count). The average molecular weight is 333 g/mol. The summed E-state index contributed by atoms with van der Waals surface area (Å²) in [4.78, 5) is 11.7. The van der Waals surface area contributed by atoms with E-state index in [0.29, 0.717) is 0 Å². The Labute approximate surface area is 129 Å². The molecule has 0 amide bonds. The van der Waals surface area contributed by atoms with E-state index in [9.17, 15) is 9.90 Å². The molecule has 8 heteroatoms. The summed E-state index contributed by atoms with van der Waals surface area (Å²) in [6.45, 7) is -3.14. The fourth-order valence-corrected chi connectivity index (χ4v) is 3.84. The van der Waals surface area contributed by atoms with Crippen molar-refractivity contribution in [2.75, 3.05) is 27.9 Å². The van der Waals surface area contributed by atoms with Gasteiger partial charge in [-0.15, -0.1) is 0 Å². The highest BCUT2D eigenvalue weighted by atomic mass is 32.5. The Kier molecular flexibility index (Phi) is 7.45. The molecular formula is C13H20NO5PS.